The van der Waals surface area contributed by atoms with Gasteiger partial charge in [0.05, 0.1) is 33.4 Å². The van der Waals surface area contributed by atoms with Crippen molar-refractivity contribution in [3.63, 3.8) is 0 Å². The van der Waals surface area contributed by atoms with Gasteiger partial charge in [0.25, 0.3) is 11.6 Å². The second kappa shape index (κ2) is 8.93. The molecular formula is C25H19N3O7S. The molecule has 36 heavy (non-hydrogen) atoms. The van der Waals surface area contributed by atoms with Gasteiger partial charge >= 0.3 is 0 Å². The van der Waals surface area contributed by atoms with Crippen LogP contribution < -0.4 is 9.64 Å². The van der Waals surface area contributed by atoms with Crippen LogP contribution >= 0.6 is 11.3 Å². The van der Waals surface area contributed by atoms with E-state index in [-0.39, 0.29) is 22.2 Å². The molecule has 0 saturated heterocycles. The molecule has 1 amide bonds. The third-order valence-electron chi connectivity index (χ3n) is 5.70. The number of hydrogen-bond donors (Lipinski definition) is 1. The maximum atomic E-state index is 13.4. The van der Waals surface area contributed by atoms with Crippen LogP contribution in [0.25, 0.3) is 10.2 Å². The summed E-state index contributed by atoms with van der Waals surface area (Å²) in [4.78, 5) is 43.1. The van der Waals surface area contributed by atoms with E-state index >= 15 is 0 Å². The number of benzene rings is 2. The van der Waals surface area contributed by atoms with Crippen molar-refractivity contribution in [3.8, 4) is 5.75 Å². The Morgan fingerprint density at radius 3 is 2.61 bits per heavy atom. The van der Waals surface area contributed by atoms with Crippen molar-refractivity contribution in [1.29, 1.82) is 0 Å². The number of aliphatic hydroxyl groups excluding tert-OH is 1. The summed E-state index contributed by atoms with van der Waals surface area (Å²) in [7, 11) is 0. The Labute approximate surface area is 208 Å². The molecule has 0 radical (unpaired) electrons. The van der Waals surface area contributed by atoms with Gasteiger partial charge in [-0.3, -0.25) is 24.6 Å². The van der Waals surface area contributed by atoms with Crippen molar-refractivity contribution in [1.82, 2.24) is 4.98 Å². The fourth-order valence-corrected chi connectivity index (χ4v) is 5.09. The van der Waals surface area contributed by atoms with E-state index in [0.717, 1.165) is 4.70 Å². The number of rotatable bonds is 7. The molecule has 0 unspecified atom stereocenters. The van der Waals surface area contributed by atoms with E-state index < -0.39 is 28.4 Å². The van der Waals surface area contributed by atoms with Gasteiger partial charge in [0.2, 0.25) is 5.78 Å². The maximum absolute atomic E-state index is 13.4. The first-order chi connectivity index (χ1) is 17.3. The monoisotopic (exact) mass is 505 g/mol. The number of ketones is 1. The van der Waals surface area contributed by atoms with Gasteiger partial charge in [-0.15, -0.1) is 0 Å². The Balaban J connectivity index is 1.64. The molecule has 182 valence electrons. The zero-order chi connectivity index (χ0) is 25.6. The standard InChI is InChI=1S/C25H19N3O7S/c1-3-34-16-9-10-17-19(12-16)36-25(26-17)27-21(14-5-7-15(8-6-14)28(32)33)20(23(30)24(27)31)22(29)18-11-4-13(2)35-18/h4-12,21,30H,3H2,1-2H3/t21-/m1/s1. The van der Waals surface area contributed by atoms with Gasteiger partial charge in [0.1, 0.15) is 11.5 Å². The number of amides is 1. The molecule has 1 N–H and O–H groups in total. The van der Waals surface area contributed by atoms with Crippen LogP contribution in [0.3, 0.4) is 0 Å². The van der Waals surface area contributed by atoms with Gasteiger partial charge in [-0.2, -0.15) is 0 Å². The Morgan fingerprint density at radius 2 is 1.97 bits per heavy atom. The fourth-order valence-electron chi connectivity index (χ4n) is 4.07. The lowest BCUT2D eigenvalue weighted by Gasteiger charge is -2.24. The van der Waals surface area contributed by atoms with Crippen LogP contribution in [-0.4, -0.2) is 33.3 Å². The van der Waals surface area contributed by atoms with E-state index in [9.17, 15) is 24.8 Å². The van der Waals surface area contributed by atoms with E-state index in [2.05, 4.69) is 4.98 Å². The SMILES string of the molecule is CCOc1ccc2nc(N3C(=O)C(O)=C(C(=O)c4ccc(C)o4)[C@H]3c3ccc([N+](=O)[O-])cc3)sc2c1. The third kappa shape index (κ3) is 3.89. The highest BCUT2D eigenvalue weighted by molar-refractivity contribution is 7.22. The first-order valence-electron chi connectivity index (χ1n) is 10.9. The number of carbonyl (C=O) groups excluding carboxylic acids is 2. The van der Waals surface area contributed by atoms with Gasteiger partial charge in [0, 0.05) is 12.1 Å². The summed E-state index contributed by atoms with van der Waals surface area (Å²) in [5.74, 6) is -1.12. The summed E-state index contributed by atoms with van der Waals surface area (Å²) in [5, 5.41) is 22.3. The van der Waals surface area contributed by atoms with Crippen LogP contribution in [0, 0.1) is 17.0 Å². The summed E-state index contributed by atoms with van der Waals surface area (Å²) in [6, 6.07) is 12.7. The Bertz CT molecular complexity index is 1550. The number of thiazole rings is 1. The number of nitro benzene ring substituents is 1. The first kappa shape index (κ1) is 23.2. The highest BCUT2D eigenvalue weighted by Gasteiger charge is 2.46. The quantitative estimate of drug-likeness (QED) is 0.203. The Kier molecular flexibility index (Phi) is 5.77. The summed E-state index contributed by atoms with van der Waals surface area (Å²) in [6.45, 7) is 4.02. The summed E-state index contributed by atoms with van der Waals surface area (Å²) >= 11 is 1.19. The van der Waals surface area contributed by atoms with E-state index in [1.807, 2.05) is 6.92 Å². The van der Waals surface area contributed by atoms with Crippen LogP contribution in [-0.2, 0) is 4.79 Å². The summed E-state index contributed by atoms with van der Waals surface area (Å²) in [5.41, 5.74) is 0.645. The lowest BCUT2D eigenvalue weighted by molar-refractivity contribution is -0.384. The highest BCUT2D eigenvalue weighted by atomic mass is 32.1. The Hall–Kier alpha value is -4.51. The molecule has 1 atom stereocenters. The predicted molar refractivity (Wildman–Crippen MR) is 132 cm³/mol. The molecule has 0 bridgehead atoms. The summed E-state index contributed by atoms with van der Waals surface area (Å²) < 4.78 is 11.8. The predicted octanol–water partition coefficient (Wildman–Crippen LogP) is 5.29. The van der Waals surface area contributed by atoms with Gasteiger partial charge in [0.15, 0.2) is 16.7 Å². The molecule has 10 nitrogen and oxygen atoms in total. The summed E-state index contributed by atoms with van der Waals surface area (Å²) in [6.07, 6.45) is 0. The van der Waals surface area contributed by atoms with E-state index in [1.165, 1.54) is 46.6 Å². The molecule has 11 heteroatoms. The van der Waals surface area contributed by atoms with Crippen molar-refractivity contribution >= 4 is 44.1 Å². The fraction of sp³-hybridized carbons (Fsp3) is 0.160. The minimum Gasteiger partial charge on any atom is -0.503 e. The molecular weight excluding hydrogens is 486 g/mol. The topological polar surface area (TPSA) is 136 Å². The van der Waals surface area contributed by atoms with E-state index in [1.54, 1.807) is 31.2 Å². The van der Waals surface area contributed by atoms with Crippen molar-refractivity contribution in [2.75, 3.05) is 11.5 Å². The molecule has 0 spiro atoms. The number of non-ortho nitro benzene ring substituents is 1. The third-order valence-corrected chi connectivity index (χ3v) is 6.72. The molecule has 0 fully saturated rings. The number of ether oxygens (including phenoxy) is 1. The number of Topliss-reactive ketones (excluding diaryl/α,β-unsaturated/α-hetero) is 1. The lowest BCUT2D eigenvalue weighted by Crippen LogP contribution is -2.30. The average Bonchev–Trinajstić information content (AvgIpc) is 3.55. The van der Waals surface area contributed by atoms with Gasteiger partial charge in [-0.05, 0) is 61.9 Å². The molecule has 0 saturated carbocycles. The minimum absolute atomic E-state index is 0.0405. The smallest absolute Gasteiger partial charge is 0.296 e. The molecule has 1 aliphatic rings. The number of nitro groups is 1. The van der Waals surface area contributed by atoms with Gasteiger partial charge < -0.3 is 14.3 Å². The van der Waals surface area contributed by atoms with Crippen molar-refractivity contribution in [2.24, 2.45) is 0 Å². The number of anilines is 1. The van der Waals surface area contributed by atoms with E-state index in [0.29, 0.717) is 29.2 Å². The highest BCUT2D eigenvalue weighted by Crippen LogP contribution is 2.44. The van der Waals surface area contributed by atoms with Crippen LogP contribution in [0.2, 0.25) is 0 Å². The zero-order valence-electron chi connectivity index (χ0n) is 19.1. The number of furan rings is 1. The van der Waals surface area contributed by atoms with Crippen molar-refractivity contribution in [3.05, 3.63) is 93.1 Å². The lowest BCUT2D eigenvalue weighted by atomic mass is 9.95. The minimum atomic E-state index is -1.08. The number of carbonyl (C=O) groups is 2. The van der Waals surface area contributed by atoms with Crippen LogP contribution in [0.1, 0.15) is 34.8 Å². The van der Waals surface area contributed by atoms with Crippen molar-refractivity contribution < 1.29 is 28.8 Å². The second-order valence-corrected chi connectivity index (χ2v) is 9.00. The van der Waals surface area contributed by atoms with Gasteiger partial charge in [-0.25, -0.2) is 4.98 Å². The second-order valence-electron chi connectivity index (χ2n) is 7.99. The Morgan fingerprint density at radius 1 is 1.22 bits per heavy atom. The molecule has 5 rings (SSSR count). The molecule has 1 aliphatic heterocycles. The number of nitrogens with zero attached hydrogens (tertiary/aromatic N) is 3. The molecule has 3 heterocycles. The number of hydrogen-bond acceptors (Lipinski definition) is 9. The van der Waals surface area contributed by atoms with Crippen LogP contribution in [0.15, 0.2) is 70.3 Å². The molecule has 2 aromatic heterocycles. The molecule has 0 aliphatic carbocycles. The van der Waals surface area contributed by atoms with Gasteiger partial charge in [-0.1, -0.05) is 11.3 Å². The van der Waals surface area contributed by atoms with E-state index in [4.69, 9.17) is 9.15 Å². The maximum Gasteiger partial charge on any atom is 0.296 e. The van der Waals surface area contributed by atoms with Crippen LogP contribution in [0.5, 0.6) is 5.75 Å². The normalized spacial score (nSPS) is 15.7. The number of aryl methyl sites for hydroxylation is 1. The van der Waals surface area contributed by atoms with Crippen molar-refractivity contribution in [2.45, 2.75) is 19.9 Å². The average molecular weight is 506 g/mol. The largest absolute Gasteiger partial charge is 0.503 e. The number of aromatic nitrogens is 1. The molecule has 4 aromatic rings. The molecule has 2 aromatic carbocycles. The number of aliphatic hydroxyl groups is 1. The zero-order valence-corrected chi connectivity index (χ0v) is 19.9. The number of fused-ring (bicyclic) bond motifs is 1. The first-order valence-corrected chi connectivity index (χ1v) is 11.8. The van der Waals surface area contributed by atoms with Crippen LogP contribution in [0.4, 0.5) is 10.8 Å².